The predicted molar refractivity (Wildman–Crippen MR) is 75.4 cm³/mol. The SMILES string of the molecule is Fc1ccc(F)c(CN2CCCC(C3CCCN3)C2)c1. The topological polar surface area (TPSA) is 15.3 Å². The average Bonchev–Trinajstić information content (AvgIpc) is 2.97. The summed E-state index contributed by atoms with van der Waals surface area (Å²) >= 11 is 0. The second-order valence-corrected chi connectivity index (χ2v) is 6.08. The summed E-state index contributed by atoms with van der Waals surface area (Å²) in [7, 11) is 0. The third-order valence-electron chi connectivity index (χ3n) is 4.61. The molecule has 2 heterocycles. The van der Waals surface area contributed by atoms with Crippen LogP contribution in [0.5, 0.6) is 0 Å². The number of nitrogens with zero attached hydrogens (tertiary/aromatic N) is 1. The zero-order valence-corrected chi connectivity index (χ0v) is 11.7. The molecule has 1 aromatic carbocycles. The summed E-state index contributed by atoms with van der Waals surface area (Å²) in [5.74, 6) is 0.00260. The maximum absolute atomic E-state index is 13.7. The Kier molecular flexibility index (Phi) is 4.32. The number of likely N-dealkylation sites (tertiary alicyclic amines) is 1. The Balaban J connectivity index is 1.63. The summed E-state index contributed by atoms with van der Waals surface area (Å²) in [5.41, 5.74) is 0.477. The fourth-order valence-corrected chi connectivity index (χ4v) is 3.58. The van der Waals surface area contributed by atoms with Crippen LogP contribution >= 0.6 is 0 Å². The number of hydrogen-bond acceptors (Lipinski definition) is 2. The maximum Gasteiger partial charge on any atom is 0.127 e. The normalized spacial score (nSPS) is 27.9. The minimum Gasteiger partial charge on any atom is -0.314 e. The molecule has 2 saturated heterocycles. The van der Waals surface area contributed by atoms with Gasteiger partial charge in [0.25, 0.3) is 0 Å². The molecule has 2 fully saturated rings. The van der Waals surface area contributed by atoms with Crippen molar-refractivity contribution in [3.8, 4) is 0 Å². The Morgan fingerprint density at radius 1 is 1.20 bits per heavy atom. The molecule has 20 heavy (non-hydrogen) atoms. The van der Waals surface area contributed by atoms with E-state index in [0.29, 0.717) is 24.1 Å². The van der Waals surface area contributed by atoms with Gasteiger partial charge in [-0.3, -0.25) is 4.90 Å². The Morgan fingerprint density at radius 3 is 2.90 bits per heavy atom. The van der Waals surface area contributed by atoms with Crippen molar-refractivity contribution in [3.05, 3.63) is 35.4 Å². The minimum absolute atomic E-state index is 0.299. The monoisotopic (exact) mass is 280 g/mol. The van der Waals surface area contributed by atoms with Gasteiger partial charge in [-0.25, -0.2) is 8.78 Å². The van der Waals surface area contributed by atoms with E-state index in [1.54, 1.807) is 0 Å². The molecule has 2 atom stereocenters. The maximum atomic E-state index is 13.7. The van der Waals surface area contributed by atoms with Gasteiger partial charge in [-0.2, -0.15) is 0 Å². The lowest BCUT2D eigenvalue weighted by Gasteiger charge is -2.35. The van der Waals surface area contributed by atoms with Crippen LogP contribution in [0.25, 0.3) is 0 Å². The molecule has 1 aromatic rings. The van der Waals surface area contributed by atoms with E-state index in [0.717, 1.165) is 26.1 Å². The first-order chi connectivity index (χ1) is 9.72. The Bertz CT molecular complexity index is 458. The van der Waals surface area contributed by atoms with E-state index < -0.39 is 0 Å². The molecule has 4 heteroatoms. The van der Waals surface area contributed by atoms with Gasteiger partial charge in [0.05, 0.1) is 0 Å². The van der Waals surface area contributed by atoms with E-state index in [-0.39, 0.29) is 11.6 Å². The van der Waals surface area contributed by atoms with Crippen molar-refractivity contribution in [3.63, 3.8) is 0 Å². The zero-order valence-electron chi connectivity index (χ0n) is 11.7. The van der Waals surface area contributed by atoms with Crippen molar-refractivity contribution in [2.45, 2.75) is 38.3 Å². The highest BCUT2D eigenvalue weighted by atomic mass is 19.1. The van der Waals surface area contributed by atoms with Gasteiger partial charge in [-0.1, -0.05) is 0 Å². The fourth-order valence-electron chi connectivity index (χ4n) is 3.58. The molecule has 2 aliphatic heterocycles. The molecular formula is C16H22F2N2. The van der Waals surface area contributed by atoms with Crippen molar-refractivity contribution in [2.24, 2.45) is 5.92 Å². The number of rotatable bonds is 3. The van der Waals surface area contributed by atoms with Crippen LogP contribution in [0.4, 0.5) is 8.78 Å². The van der Waals surface area contributed by atoms with Gasteiger partial charge in [-0.05, 0) is 62.9 Å². The Labute approximate surface area is 119 Å². The number of hydrogen-bond donors (Lipinski definition) is 1. The van der Waals surface area contributed by atoms with Crippen LogP contribution in [-0.2, 0) is 6.54 Å². The molecule has 3 rings (SSSR count). The van der Waals surface area contributed by atoms with E-state index >= 15 is 0 Å². The summed E-state index contributed by atoms with van der Waals surface area (Å²) in [5, 5.41) is 3.57. The van der Waals surface area contributed by atoms with Crippen LogP contribution in [0.2, 0.25) is 0 Å². The first kappa shape index (κ1) is 14.0. The van der Waals surface area contributed by atoms with Gasteiger partial charge in [0.1, 0.15) is 11.6 Å². The first-order valence-corrected chi connectivity index (χ1v) is 7.62. The molecule has 1 N–H and O–H groups in total. The van der Waals surface area contributed by atoms with Crippen LogP contribution in [0.3, 0.4) is 0 Å². The van der Waals surface area contributed by atoms with Crippen LogP contribution in [0, 0.1) is 17.6 Å². The lowest BCUT2D eigenvalue weighted by Crippen LogP contribution is -2.43. The lowest BCUT2D eigenvalue weighted by atomic mass is 9.89. The van der Waals surface area contributed by atoms with Gasteiger partial charge in [0.15, 0.2) is 0 Å². The van der Waals surface area contributed by atoms with Crippen molar-refractivity contribution in [2.75, 3.05) is 19.6 Å². The number of piperidine rings is 1. The highest BCUT2D eigenvalue weighted by Crippen LogP contribution is 2.26. The standard InChI is InChI=1S/C16H22F2N2/c17-14-5-6-15(18)13(9-14)11-20-8-2-3-12(10-20)16-4-1-7-19-16/h5-6,9,12,16,19H,1-4,7-8,10-11H2. The minimum atomic E-state index is -0.354. The molecule has 2 aliphatic rings. The van der Waals surface area contributed by atoms with Gasteiger partial charge >= 0.3 is 0 Å². The van der Waals surface area contributed by atoms with Crippen LogP contribution < -0.4 is 5.32 Å². The number of nitrogens with one attached hydrogen (secondary N) is 1. The molecule has 0 amide bonds. The number of benzene rings is 1. The molecule has 2 unspecified atom stereocenters. The van der Waals surface area contributed by atoms with Crippen LogP contribution in [-0.4, -0.2) is 30.6 Å². The summed E-state index contributed by atoms with van der Waals surface area (Å²) < 4.78 is 26.9. The van der Waals surface area contributed by atoms with Gasteiger partial charge in [0, 0.05) is 24.7 Å². The van der Waals surface area contributed by atoms with Crippen molar-refractivity contribution in [1.82, 2.24) is 10.2 Å². The quantitative estimate of drug-likeness (QED) is 0.916. The molecule has 0 saturated carbocycles. The molecule has 0 radical (unpaired) electrons. The molecule has 0 aromatic heterocycles. The Hall–Kier alpha value is -1.00. The summed E-state index contributed by atoms with van der Waals surface area (Å²) in [6.07, 6.45) is 4.92. The van der Waals surface area contributed by atoms with Crippen molar-refractivity contribution in [1.29, 1.82) is 0 Å². The second kappa shape index (κ2) is 6.19. The van der Waals surface area contributed by atoms with Gasteiger partial charge in [-0.15, -0.1) is 0 Å². The highest BCUT2D eigenvalue weighted by molar-refractivity contribution is 5.18. The van der Waals surface area contributed by atoms with E-state index in [1.165, 1.54) is 37.5 Å². The third kappa shape index (κ3) is 3.18. The zero-order chi connectivity index (χ0) is 13.9. The summed E-state index contributed by atoms with van der Waals surface area (Å²) in [6, 6.07) is 4.35. The molecule has 0 spiro atoms. The first-order valence-electron chi connectivity index (χ1n) is 7.62. The van der Waals surface area contributed by atoms with Gasteiger partial charge < -0.3 is 5.32 Å². The molecular weight excluding hydrogens is 258 g/mol. The van der Waals surface area contributed by atoms with Crippen LogP contribution in [0.15, 0.2) is 18.2 Å². The third-order valence-corrected chi connectivity index (χ3v) is 4.61. The van der Waals surface area contributed by atoms with Crippen molar-refractivity contribution < 1.29 is 8.78 Å². The molecule has 2 nitrogen and oxygen atoms in total. The highest BCUT2D eigenvalue weighted by Gasteiger charge is 2.29. The van der Waals surface area contributed by atoms with Crippen molar-refractivity contribution >= 4 is 0 Å². The van der Waals surface area contributed by atoms with E-state index in [9.17, 15) is 8.78 Å². The largest absolute Gasteiger partial charge is 0.314 e. The molecule has 0 aliphatic carbocycles. The summed E-state index contributed by atoms with van der Waals surface area (Å²) in [4.78, 5) is 2.27. The molecule has 110 valence electrons. The lowest BCUT2D eigenvalue weighted by molar-refractivity contribution is 0.144. The Morgan fingerprint density at radius 2 is 2.10 bits per heavy atom. The van der Waals surface area contributed by atoms with E-state index in [4.69, 9.17) is 0 Å². The van der Waals surface area contributed by atoms with E-state index in [2.05, 4.69) is 10.2 Å². The van der Waals surface area contributed by atoms with Crippen LogP contribution in [0.1, 0.15) is 31.2 Å². The molecule has 0 bridgehead atoms. The predicted octanol–water partition coefficient (Wildman–Crippen LogP) is 2.93. The van der Waals surface area contributed by atoms with E-state index in [1.807, 2.05) is 0 Å². The summed E-state index contributed by atoms with van der Waals surface area (Å²) in [6.45, 7) is 3.62. The second-order valence-electron chi connectivity index (χ2n) is 6.08. The number of halogens is 2. The fraction of sp³-hybridized carbons (Fsp3) is 0.625. The van der Waals surface area contributed by atoms with Gasteiger partial charge in [0.2, 0.25) is 0 Å². The smallest absolute Gasteiger partial charge is 0.127 e. The average molecular weight is 280 g/mol.